The lowest BCUT2D eigenvalue weighted by Crippen LogP contribution is -2.34. The van der Waals surface area contributed by atoms with Crippen LogP contribution in [0.5, 0.6) is 11.5 Å². The van der Waals surface area contributed by atoms with Crippen LogP contribution in [0.3, 0.4) is 0 Å². The van der Waals surface area contributed by atoms with Gasteiger partial charge in [-0.1, -0.05) is 55.8 Å². The van der Waals surface area contributed by atoms with Gasteiger partial charge in [0, 0.05) is 17.0 Å². The van der Waals surface area contributed by atoms with Gasteiger partial charge in [-0.15, -0.1) is 0 Å². The first-order chi connectivity index (χ1) is 17.4. The molecule has 0 N–H and O–H groups in total. The van der Waals surface area contributed by atoms with Crippen molar-refractivity contribution in [3.63, 3.8) is 0 Å². The highest BCUT2D eigenvalue weighted by atomic mass is 19.4. The Morgan fingerprint density at radius 3 is 2.27 bits per heavy atom. The van der Waals surface area contributed by atoms with E-state index in [0.29, 0.717) is 5.56 Å². The van der Waals surface area contributed by atoms with Crippen LogP contribution in [0.25, 0.3) is 43.6 Å². The van der Waals surface area contributed by atoms with E-state index in [0.717, 1.165) is 55.3 Å². The zero-order valence-corrected chi connectivity index (χ0v) is 21.9. The average molecular weight is 501 g/mol. The summed E-state index contributed by atoms with van der Waals surface area (Å²) >= 11 is 0. The Kier molecular flexibility index (Phi) is 4.95. The number of nitrogens with zero attached hydrogens (tertiary/aromatic N) is 1. The van der Waals surface area contributed by atoms with Crippen molar-refractivity contribution in [3.05, 3.63) is 77.0 Å². The lowest BCUT2D eigenvalue weighted by Gasteiger charge is -2.28. The molecule has 2 nitrogen and oxygen atoms in total. The molecule has 6 rings (SSSR count). The minimum absolute atomic E-state index is 0.0811. The SMILES string of the molecule is Cc1ccc2c(C)c3c(c(C)c2c1)-c1c2c(cc4cc(CC(C)(C)C(F)(F)F)ccc4c2cc[n+]1C)O3. The molecule has 188 valence electrons. The Hall–Kier alpha value is -3.60. The van der Waals surface area contributed by atoms with Gasteiger partial charge in [-0.2, -0.15) is 13.2 Å². The van der Waals surface area contributed by atoms with E-state index in [1.807, 2.05) is 24.3 Å². The molecule has 2 heterocycles. The first kappa shape index (κ1) is 23.8. The van der Waals surface area contributed by atoms with Crippen LogP contribution in [0.4, 0.5) is 13.2 Å². The van der Waals surface area contributed by atoms with Gasteiger partial charge in [0.2, 0.25) is 5.69 Å². The van der Waals surface area contributed by atoms with Crippen LogP contribution in [0.2, 0.25) is 0 Å². The van der Waals surface area contributed by atoms with Gasteiger partial charge in [-0.05, 0) is 65.9 Å². The predicted octanol–water partition coefficient (Wildman–Crippen LogP) is 8.80. The molecule has 0 atom stereocenters. The lowest BCUT2D eigenvalue weighted by atomic mass is 9.84. The van der Waals surface area contributed by atoms with Gasteiger partial charge in [0.05, 0.1) is 16.4 Å². The molecular formula is C32H29F3NO+. The second kappa shape index (κ2) is 7.70. The second-order valence-electron chi connectivity index (χ2n) is 11.2. The summed E-state index contributed by atoms with van der Waals surface area (Å²) in [5.74, 6) is 1.58. The summed E-state index contributed by atoms with van der Waals surface area (Å²) in [4.78, 5) is 0. The second-order valence-corrected chi connectivity index (χ2v) is 11.2. The summed E-state index contributed by atoms with van der Waals surface area (Å²) < 4.78 is 49.5. The van der Waals surface area contributed by atoms with Crippen LogP contribution >= 0.6 is 0 Å². The fraction of sp³-hybridized carbons (Fsp3) is 0.281. The molecule has 5 heteroatoms. The van der Waals surface area contributed by atoms with Gasteiger partial charge in [-0.3, -0.25) is 0 Å². The van der Waals surface area contributed by atoms with Crippen molar-refractivity contribution >= 4 is 32.3 Å². The number of hydrogen-bond donors (Lipinski definition) is 0. The summed E-state index contributed by atoms with van der Waals surface area (Å²) in [6.45, 7) is 8.87. The first-order valence-electron chi connectivity index (χ1n) is 12.5. The molecule has 0 amide bonds. The first-order valence-corrected chi connectivity index (χ1v) is 12.5. The van der Waals surface area contributed by atoms with E-state index in [9.17, 15) is 13.2 Å². The number of hydrogen-bond acceptors (Lipinski definition) is 1. The van der Waals surface area contributed by atoms with Crippen LogP contribution in [0, 0.1) is 26.2 Å². The van der Waals surface area contributed by atoms with Crippen LogP contribution < -0.4 is 9.30 Å². The van der Waals surface area contributed by atoms with E-state index in [1.165, 1.54) is 30.4 Å². The smallest absolute Gasteiger partial charge is 0.394 e. The van der Waals surface area contributed by atoms with Crippen molar-refractivity contribution in [1.82, 2.24) is 0 Å². The third-order valence-corrected chi connectivity index (χ3v) is 8.05. The Bertz CT molecular complexity index is 1780. The Morgan fingerprint density at radius 2 is 1.54 bits per heavy atom. The van der Waals surface area contributed by atoms with E-state index in [-0.39, 0.29) is 6.42 Å². The van der Waals surface area contributed by atoms with Crippen molar-refractivity contribution in [2.45, 2.75) is 47.2 Å². The quantitative estimate of drug-likeness (QED) is 0.171. The molecular weight excluding hydrogens is 471 g/mol. The highest BCUT2D eigenvalue weighted by molar-refractivity contribution is 6.16. The maximum absolute atomic E-state index is 13.6. The molecule has 5 aromatic rings. The van der Waals surface area contributed by atoms with Gasteiger partial charge < -0.3 is 4.74 Å². The van der Waals surface area contributed by atoms with Crippen LogP contribution in [-0.4, -0.2) is 6.18 Å². The van der Waals surface area contributed by atoms with Crippen molar-refractivity contribution in [3.8, 4) is 22.8 Å². The maximum atomic E-state index is 13.6. The number of ether oxygens (including phenoxy) is 1. The predicted molar refractivity (Wildman–Crippen MR) is 143 cm³/mol. The third-order valence-electron chi connectivity index (χ3n) is 8.05. The number of alkyl halides is 3. The normalized spacial score (nSPS) is 13.3. The molecule has 1 aliphatic heterocycles. The fourth-order valence-corrected chi connectivity index (χ4v) is 5.85. The Morgan fingerprint density at radius 1 is 0.811 bits per heavy atom. The largest absolute Gasteiger partial charge is 0.455 e. The molecule has 0 saturated heterocycles. The lowest BCUT2D eigenvalue weighted by molar-refractivity contribution is -0.659. The van der Waals surface area contributed by atoms with E-state index in [2.05, 4.69) is 62.8 Å². The van der Waals surface area contributed by atoms with Crippen LogP contribution in [0.1, 0.15) is 36.1 Å². The minimum Gasteiger partial charge on any atom is -0.455 e. The van der Waals surface area contributed by atoms with Crippen molar-refractivity contribution < 1.29 is 22.5 Å². The molecule has 0 saturated carbocycles. The third kappa shape index (κ3) is 3.43. The van der Waals surface area contributed by atoms with Gasteiger partial charge in [0.25, 0.3) is 0 Å². The summed E-state index contributed by atoms with van der Waals surface area (Å²) in [5, 5.41) is 6.34. The Balaban J connectivity index is 1.64. The number of halogens is 3. The molecule has 0 radical (unpaired) electrons. The molecule has 0 fully saturated rings. The van der Waals surface area contributed by atoms with Crippen molar-refractivity contribution in [2.75, 3.05) is 0 Å². The molecule has 0 aliphatic carbocycles. The molecule has 1 aliphatic rings. The van der Waals surface area contributed by atoms with Gasteiger partial charge in [-0.25, -0.2) is 4.57 Å². The maximum Gasteiger partial charge on any atom is 0.394 e. The fourth-order valence-electron chi connectivity index (χ4n) is 5.85. The van der Waals surface area contributed by atoms with Gasteiger partial charge >= 0.3 is 6.18 Å². The molecule has 37 heavy (non-hydrogen) atoms. The molecule has 0 bridgehead atoms. The highest BCUT2D eigenvalue weighted by Gasteiger charge is 2.47. The zero-order chi connectivity index (χ0) is 26.4. The summed E-state index contributed by atoms with van der Waals surface area (Å²) in [6, 6.07) is 16.2. The standard InChI is InChI=1S/C32H29F3NO/c1-17-7-9-22-19(3)30-27(18(2)25(22)13-17)29-28-24(11-12-36(29)6)23-10-8-20(14-21(23)15-26(28)37-30)16-31(4,5)32(33,34)35/h7-15H,16H2,1-6H3/q+1. The van der Waals surface area contributed by atoms with Crippen molar-refractivity contribution in [1.29, 1.82) is 0 Å². The van der Waals surface area contributed by atoms with E-state index < -0.39 is 11.6 Å². The topological polar surface area (TPSA) is 13.1 Å². The molecule has 1 aromatic heterocycles. The summed E-state index contributed by atoms with van der Waals surface area (Å²) in [7, 11) is 2.05. The van der Waals surface area contributed by atoms with E-state index in [1.54, 1.807) is 0 Å². The van der Waals surface area contributed by atoms with Crippen LogP contribution in [-0.2, 0) is 13.5 Å². The zero-order valence-electron chi connectivity index (χ0n) is 21.9. The van der Waals surface area contributed by atoms with E-state index >= 15 is 0 Å². The summed E-state index contributed by atoms with van der Waals surface area (Å²) in [6.07, 6.45) is -2.29. The molecule has 0 unspecified atom stereocenters. The molecule has 0 spiro atoms. The van der Waals surface area contributed by atoms with Gasteiger partial charge in [0.15, 0.2) is 6.20 Å². The minimum atomic E-state index is -4.27. The van der Waals surface area contributed by atoms with Crippen molar-refractivity contribution in [2.24, 2.45) is 12.5 Å². The number of aromatic nitrogens is 1. The average Bonchev–Trinajstić information content (AvgIpc) is 2.82. The number of pyridine rings is 1. The highest BCUT2D eigenvalue weighted by Crippen LogP contribution is 2.52. The van der Waals surface area contributed by atoms with Crippen LogP contribution in [0.15, 0.2) is 54.7 Å². The monoisotopic (exact) mass is 500 g/mol. The van der Waals surface area contributed by atoms with E-state index in [4.69, 9.17) is 4.74 Å². The number of aryl methyl sites for hydroxylation is 4. The van der Waals surface area contributed by atoms with Gasteiger partial charge in [0.1, 0.15) is 18.5 Å². The Labute approximate surface area is 214 Å². The summed E-state index contributed by atoms with van der Waals surface area (Å²) in [5.41, 5.74) is 4.52. The molecule has 4 aromatic carbocycles. The number of fused-ring (bicyclic) bond motifs is 5. The number of benzene rings is 4. The number of rotatable bonds is 2.